The average molecular weight is 350 g/mol. The minimum atomic E-state index is 0.0741. The number of aryl methyl sites for hydroxylation is 1. The summed E-state index contributed by atoms with van der Waals surface area (Å²) in [6.07, 6.45) is 0.849. The van der Waals surface area contributed by atoms with Gasteiger partial charge in [-0.25, -0.2) is 0 Å². The maximum absolute atomic E-state index is 12.4. The fourth-order valence-corrected chi connectivity index (χ4v) is 2.80. The molecule has 2 aromatic rings. The first-order valence-electron chi connectivity index (χ1n) is 8.02. The van der Waals surface area contributed by atoms with Crippen molar-refractivity contribution in [3.8, 4) is 11.5 Å². The summed E-state index contributed by atoms with van der Waals surface area (Å²) in [7, 11) is 0. The third kappa shape index (κ3) is 3.94. The van der Waals surface area contributed by atoms with Crippen LogP contribution in [0.5, 0.6) is 0 Å². The van der Waals surface area contributed by atoms with Crippen molar-refractivity contribution in [2.45, 2.75) is 38.8 Å². The summed E-state index contributed by atoms with van der Waals surface area (Å²) in [6, 6.07) is 7.28. The van der Waals surface area contributed by atoms with Crippen LogP contribution in [0.25, 0.3) is 11.5 Å². The van der Waals surface area contributed by atoms with Crippen LogP contribution in [-0.4, -0.2) is 46.3 Å². The van der Waals surface area contributed by atoms with Crippen molar-refractivity contribution < 1.29 is 13.9 Å². The number of amides is 1. The van der Waals surface area contributed by atoms with Crippen molar-refractivity contribution >= 4 is 17.5 Å². The Morgan fingerprint density at radius 2 is 2.04 bits per heavy atom. The predicted octanol–water partition coefficient (Wildman–Crippen LogP) is 2.96. The molecule has 2 heterocycles. The summed E-state index contributed by atoms with van der Waals surface area (Å²) in [5, 5.41) is 8.70. The molecule has 128 valence electrons. The largest absolute Gasteiger partial charge is 0.421 e. The first-order chi connectivity index (χ1) is 11.5. The molecule has 6 nitrogen and oxygen atoms in total. The summed E-state index contributed by atoms with van der Waals surface area (Å²) >= 11 is 5.87. The monoisotopic (exact) mass is 349 g/mol. The maximum Gasteiger partial charge on any atom is 0.247 e. The molecule has 0 saturated carbocycles. The van der Waals surface area contributed by atoms with Crippen LogP contribution in [0.15, 0.2) is 28.7 Å². The molecule has 0 N–H and O–H groups in total. The summed E-state index contributed by atoms with van der Waals surface area (Å²) in [4.78, 5) is 14.3. The van der Waals surface area contributed by atoms with Gasteiger partial charge in [0.1, 0.15) is 0 Å². The molecule has 0 aliphatic carbocycles. The molecular weight excluding hydrogens is 330 g/mol. The van der Waals surface area contributed by atoms with E-state index in [2.05, 4.69) is 10.2 Å². The van der Waals surface area contributed by atoms with Gasteiger partial charge in [0, 0.05) is 30.0 Å². The molecule has 1 saturated heterocycles. The number of hydrogen-bond donors (Lipinski definition) is 0. The van der Waals surface area contributed by atoms with E-state index >= 15 is 0 Å². The smallest absolute Gasteiger partial charge is 0.247 e. The van der Waals surface area contributed by atoms with Crippen molar-refractivity contribution in [3.63, 3.8) is 0 Å². The van der Waals surface area contributed by atoms with E-state index in [1.807, 2.05) is 30.9 Å². The van der Waals surface area contributed by atoms with Gasteiger partial charge >= 0.3 is 0 Å². The highest BCUT2D eigenvalue weighted by Crippen LogP contribution is 2.21. The Kier molecular flexibility index (Phi) is 5.16. The van der Waals surface area contributed by atoms with Crippen molar-refractivity contribution in [2.24, 2.45) is 0 Å². The number of ether oxygens (including phenoxy) is 1. The Morgan fingerprint density at radius 3 is 2.79 bits per heavy atom. The summed E-state index contributed by atoms with van der Waals surface area (Å²) in [5.74, 6) is 0.980. The van der Waals surface area contributed by atoms with Gasteiger partial charge in [-0.1, -0.05) is 11.6 Å². The minimum Gasteiger partial charge on any atom is -0.421 e. The fourth-order valence-electron chi connectivity index (χ4n) is 2.67. The van der Waals surface area contributed by atoms with Crippen LogP contribution < -0.4 is 0 Å². The first-order valence-corrected chi connectivity index (χ1v) is 8.40. The molecule has 1 amide bonds. The highest BCUT2D eigenvalue weighted by Gasteiger charge is 2.27. The lowest BCUT2D eigenvalue weighted by Crippen LogP contribution is -2.50. The quantitative estimate of drug-likeness (QED) is 0.848. The fraction of sp³-hybridized carbons (Fsp3) is 0.471. The number of hydrogen-bond acceptors (Lipinski definition) is 5. The first kappa shape index (κ1) is 16.9. The van der Waals surface area contributed by atoms with E-state index in [1.165, 1.54) is 0 Å². The molecule has 1 aromatic heterocycles. The van der Waals surface area contributed by atoms with Gasteiger partial charge in [0.15, 0.2) is 0 Å². The maximum atomic E-state index is 12.4. The van der Waals surface area contributed by atoms with Gasteiger partial charge in [-0.15, -0.1) is 10.2 Å². The lowest BCUT2D eigenvalue weighted by Gasteiger charge is -2.36. The second-order valence-electron chi connectivity index (χ2n) is 6.05. The van der Waals surface area contributed by atoms with E-state index in [0.29, 0.717) is 42.8 Å². The molecule has 3 rings (SSSR count). The summed E-state index contributed by atoms with van der Waals surface area (Å²) < 4.78 is 11.2. The topological polar surface area (TPSA) is 68.5 Å². The zero-order valence-electron chi connectivity index (χ0n) is 13.7. The standard InChI is InChI=1S/C17H20ClN3O3/c1-11-10-23-12(2)9-21(11)16(22)8-7-15-19-20-17(24-15)13-3-5-14(18)6-4-13/h3-6,11-12H,7-10H2,1-2H3/t11-,12-/m0/s1. The van der Waals surface area contributed by atoms with Gasteiger partial charge in [0.2, 0.25) is 17.7 Å². The Balaban J connectivity index is 1.59. The van der Waals surface area contributed by atoms with Crippen molar-refractivity contribution in [3.05, 3.63) is 35.2 Å². The molecule has 2 atom stereocenters. The summed E-state index contributed by atoms with van der Waals surface area (Å²) in [5.41, 5.74) is 0.806. The lowest BCUT2D eigenvalue weighted by atomic mass is 10.1. The molecule has 0 bridgehead atoms. The van der Waals surface area contributed by atoms with Gasteiger partial charge in [0.25, 0.3) is 0 Å². The number of carbonyl (C=O) groups excluding carboxylic acids is 1. The van der Waals surface area contributed by atoms with Crippen LogP contribution in [0.1, 0.15) is 26.2 Å². The zero-order valence-corrected chi connectivity index (χ0v) is 14.5. The van der Waals surface area contributed by atoms with E-state index in [9.17, 15) is 4.79 Å². The third-order valence-electron chi connectivity index (χ3n) is 4.04. The minimum absolute atomic E-state index is 0.0741. The molecule has 7 heteroatoms. The van der Waals surface area contributed by atoms with Gasteiger partial charge in [-0.2, -0.15) is 0 Å². The molecule has 1 aliphatic rings. The number of carbonyl (C=O) groups is 1. The van der Waals surface area contributed by atoms with Crippen LogP contribution in [0, 0.1) is 0 Å². The Labute approximate surface area is 145 Å². The number of nitrogens with zero attached hydrogens (tertiary/aromatic N) is 3. The van der Waals surface area contributed by atoms with Crippen LogP contribution in [0.4, 0.5) is 0 Å². The Hall–Kier alpha value is -1.92. The van der Waals surface area contributed by atoms with Crippen LogP contribution in [-0.2, 0) is 16.0 Å². The number of benzene rings is 1. The van der Waals surface area contributed by atoms with Crippen molar-refractivity contribution in [1.29, 1.82) is 0 Å². The molecule has 1 aromatic carbocycles. The van der Waals surface area contributed by atoms with E-state index < -0.39 is 0 Å². The second-order valence-corrected chi connectivity index (χ2v) is 6.48. The van der Waals surface area contributed by atoms with Gasteiger partial charge in [-0.05, 0) is 38.1 Å². The zero-order chi connectivity index (χ0) is 17.1. The molecule has 1 aliphatic heterocycles. The van der Waals surface area contributed by atoms with Crippen molar-refractivity contribution in [1.82, 2.24) is 15.1 Å². The molecule has 24 heavy (non-hydrogen) atoms. The molecule has 0 radical (unpaired) electrons. The van der Waals surface area contributed by atoms with Crippen LogP contribution in [0.2, 0.25) is 5.02 Å². The van der Waals surface area contributed by atoms with E-state index in [-0.39, 0.29) is 18.1 Å². The molecule has 1 fully saturated rings. The normalized spacial score (nSPS) is 21.0. The SMILES string of the molecule is C[C@H]1CN(C(=O)CCc2nnc(-c3ccc(Cl)cc3)o2)[C@@H](C)CO1. The van der Waals surface area contributed by atoms with E-state index in [1.54, 1.807) is 12.1 Å². The van der Waals surface area contributed by atoms with Gasteiger partial charge in [-0.3, -0.25) is 4.79 Å². The second kappa shape index (κ2) is 7.32. The number of rotatable bonds is 4. The Morgan fingerprint density at radius 1 is 1.29 bits per heavy atom. The van der Waals surface area contributed by atoms with E-state index in [0.717, 1.165) is 5.56 Å². The average Bonchev–Trinajstić information content (AvgIpc) is 3.04. The number of halogens is 1. The van der Waals surface area contributed by atoms with Crippen molar-refractivity contribution in [2.75, 3.05) is 13.2 Å². The highest BCUT2D eigenvalue weighted by atomic mass is 35.5. The third-order valence-corrected chi connectivity index (χ3v) is 4.29. The van der Waals surface area contributed by atoms with Crippen LogP contribution in [0.3, 0.4) is 0 Å². The highest BCUT2D eigenvalue weighted by molar-refractivity contribution is 6.30. The number of aromatic nitrogens is 2. The lowest BCUT2D eigenvalue weighted by molar-refractivity contribution is -0.143. The summed E-state index contributed by atoms with van der Waals surface area (Å²) in [6.45, 7) is 5.17. The molecule has 0 unspecified atom stereocenters. The number of morpholine rings is 1. The van der Waals surface area contributed by atoms with E-state index in [4.69, 9.17) is 20.8 Å². The van der Waals surface area contributed by atoms with Crippen LogP contribution >= 0.6 is 11.6 Å². The van der Waals surface area contributed by atoms with Gasteiger partial charge < -0.3 is 14.1 Å². The van der Waals surface area contributed by atoms with Gasteiger partial charge in [0.05, 0.1) is 18.8 Å². The molecular formula is C17H20ClN3O3. The Bertz CT molecular complexity index is 701. The predicted molar refractivity (Wildman–Crippen MR) is 89.7 cm³/mol. The molecule has 0 spiro atoms.